The van der Waals surface area contributed by atoms with Crippen LogP contribution in [0.3, 0.4) is 0 Å². The van der Waals surface area contributed by atoms with Crippen LogP contribution in [0.25, 0.3) is 0 Å². The molecule has 2 amide bonds. The lowest BCUT2D eigenvalue weighted by molar-refractivity contribution is -0.122. The molecule has 10 heteroatoms. The molecule has 0 radical (unpaired) electrons. The van der Waals surface area contributed by atoms with Gasteiger partial charge in [-0.1, -0.05) is 48.5 Å². The van der Waals surface area contributed by atoms with E-state index < -0.39 is 11.9 Å². The lowest BCUT2D eigenvalue weighted by atomic mass is 9.69. The number of aryl methyl sites for hydroxylation is 1. The number of carbonyl (C=O) groups is 3. The normalized spacial score (nSPS) is 19.8. The predicted molar refractivity (Wildman–Crippen MR) is 212 cm³/mol. The van der Waals surface area contributed by atoms with E-state index in [1.165, 1.54) is 47.8 Å². The molecule has 0 saturated carbocycles. The molecule has 3 unspecified atom stereocenters. The first-order valence-electron chi connectivity index (χ1n) is 19.5. The summed E-state index contributed by atoms with van der Waals surface area (Å²) in [4.78, 5) is 47.5. The molecule has 2 fully saturated rings. The Kier molecular flexibility index (Phi) is 11.9. The van der Waals surface area contributed by atoms with Crippen molar-refractivity contribution in [2.75, 3.05) is 62.7 Å². The topological polar surface area (TPSA) is 118 Å². The number of aromatic nitrogens is 1. The highest BCUT2D eigenvalue weighted by Crippen LogP contribution is 2.47. The number of phenols is 1. The van der Waals surface area contributed by atoms with E-state index in [1.807, 2.05) is 18.2 Å². The Bertz CT molecular complexity index is 1870. The summed E-state index contributed by atoms with van der Waals surface area (Å²) in [5.74, 6) is 0.920. The third-order valence-corrected chi connectivity index (χ3v) is 11.7. The Labute approximate surface area is 318 Å². The average molecular weight is 729 g/mol. The van der Waals surface area contributed by atoms with Crippen molar-refractivity contribution in [2.24, 2.45) is 5.92 Å². The third kappa shape index (κ3) is 8.60. The average Bonchev–Trinajstić information content (AvgIpc) is 3.22. The maximum Gasteiger partial charge on any atom is 0.270 e. The lowest BCUT2D eigenvalue weighted by Gasteiger charge is -2.40. The van der Waals surface area contributed by atoms with E-state index in [-0.39, 0.29) is 30.4 Å². The molecule has 0 spiro atoms. The number of aldehydes is 1. The van der Waals surface area contributed by atoms with Crippen molar-refractivity contribution in [3.8, 4) is 5.75 Å². The monoisotopic (exact) mass is 728 g/mol. The number of nitrogens with zero attached hydrogens (tertiary/aromatic N) is 4. The van der Waals surface area contributed by atoms with Crippen molar-refractivity contribution in [1.29, 1.82) is 0 Å². The van der Waals surface area contributed by atoms with Gasteiger partial charge in [-0.3, -0.25) is 14.5 Å². The summed E-state index contributed by atoms with van der Waals surface area (Å²) in [7, 11) is 1.51. The highest BCUT2D eigenvalue weighted by molar-refractivity contribution is 5.96. The molecule has 0 bridgehead atoms. The number of fused-ring (bicyclic) bond motifs is 1. The minimum absolute atomic E-state index is 0.187. The number of anilines is 2. The third-order valence-electron chi connectivity index (χ3n) is 11.7. The summed E-state index contributed by atoms with van der Waals surface area (Å²) in [6, 6.07) is 29.0. The van der Waals surface area contributed by atoms with Crippen molar-refractivity contribution in [2.45, 2.75) is 56.4 Å². The number of rotatable bonds is 12. The van der Waals surface area contributed by atoms with Gasteiger partial charge in [0.1, 0.15) is 23.8 Å². The van der Waals surface area contributed by atoms with E-state index in [4.69, 9.17) is 0 Å². The first-order valence-corrected chi connectivity index (χ1v) is 19.5. The van der Waals surface area contributed by atoms with E-state index in [0.29, 0.717) is 17.6 Å². The number of aromatic hydroxyl groups is 1. The Morgan fingerprint density at radius 2 is 1.57 bits per heavy atom. The van der Waals surface area contributed by atoms with E-state index in [0.717, 1.165) is 70.6 Å². The second-order valence-electron chi connectivity index (χ2n) is 15.0. The summed E-state index contributed by atoms with van der Waals surface area (Å²) >= 11 is 0. The molecular weight excluding hydrogens is 677 g/mol. The first kappa shape index (κ1) is 37.1. The standard InChI is InChI=1S/C44H52N6O4/c1-45-43(53)41(8-5-27-51)47-44(54)40-18-14-36(29-46-40)50-25-23-48(24-26-50)30-31-19-21-49(22-20-31)35-12-9-33(10-13-35)42-38(32-6-3-2-4-7-32)16-11-34-28-37(52)15-17-39(34)42/h2-4,6-7,9-10,12-15,17-18,27-29,31,38,41-42,52H,5,8,11,16,19-26,30H2,1H3,(H,45,53)(H,47,54). The van der Waals surface area contributed by atoms with Gasteiger partial charge in [0.05, 0.1) is 11.9 Å². The summed E-state index contributed by atoms with van der Waals surface area (Å²) < 4.78 is 0. The number of likely N-dealkylation sites (N-methyl/N-ethyl adjacent to an activating group) is 1. The summed E-state index contributed by atoms with van der Waals surface area (Å²) in [6.45, 7) is 7.03. The highest BCUT2D eigenvalue weighted by atomic mass is 16.3. The molecule has 2 aliphatic heterocycles. The fourth-order valence-electron chi connectivity index (χ4n) is 8.72. The quantitative estimate of drug-likeness (QED) is 0.164. The smallest absolute Gasteiger partial charge is 0.270 e. The van der Waals surface area contributed by atoms with Crippen LogP contribution in [0.5, 0.6) is 5.75 Å². The molecular formula is C44H52N6O4. The van der Waals surface area contributed by atoms with Gasteiger partial charge in [0, 0.05) is 70.9 Å². The van der Waals surface area contributed by atoms with Crippen molar-refractivity contribution in [3.05, 3.63) is 119 Å². The van der Waals surface area contributed by atoms with Gasteiger partial charge in [0.15, 0.2) is 0 Å². The van der Waals surface area contributed by atoms with Gasteiger partial charge < -0.3 is 30.3 Å². The summed E-state index contributed by atoms with van der Waals surface area (Å²) in [5.41, 5.74) is 7.83. The number of pyridine rings is 1. The van der Waals surface area contributed by atoms with Crippen LogP contribution in [0, 0.1) is 5.92 Å². The van der Waals surface area contributed by atoms with Gasteiger partial charge >= 0.3 is 0 Å². The van der Waals surface area contributed by atoms with Crippen LogP contribution in [0.1, 0.15) is 76.7 Å². The van der Waals surface area contributed by atoms with Gasteiger partial charge in [0.2, 0.25) is 5.91 Å². The van der Waals surface area contributed by atoms with Gasteiger partial charge in [-0.05, 0) is 103 Å². The van der Waals surface area contributed by atoms with Crippen LogP contribution in [0.4, 0.5) is 11.4 Å². The number of phenolic OH excluding ortho intramolecular Hbond substituents is 1. The van der Waals surface area contributed by atoms with Crippen molar-refractivity contribution in [1.82, 2.24) is 20.5 Å². The lowest BCUT2D eigenvalue weighted by Crippen LogP contribution is -2.49. The minimum Gasteiger partial charge on any atom is -0.508 e. The zero-order valence-electron chi connectivity index (χ0n) is 31.2. The van der Waals surface area contributed by atoms with Gasteiger partial charge in [-0.2, -0.15) is 0 Å². The molecule has 10 nitrogen and oxygen atoms in total. The van der Waals surface area contributed by atoms with Crippen LogP contribution < -0.4 is 20.4 Å². The van der Waals surface area contributed by atoms with Crippen LogP contribution in [-0.4, -0.2) is 92.0 Å². The number of piperidine rings is 1. The Balaban J connectivity index is 0.891. The molecule has 3 aromatic carbocycles. The number of piperazine rings is 1. The Morgan fingerprint density at radius 1 is 0.852 bits per heavy atom. The Morgan fingerprint density at radius 3 is 2.26 bits per heavy atom. The van der Waals surface area contributed by atoms with Gasteiger partial charge in [-0.25, -0.2) is 4.98 Å². The Hall–Kier alpha value is -5.22. The number of hydrogen-bond acceptors (Lipinski definition) is 8. The van der Waals surface area contributed by atoms with Crippen LogP contribution in [0.2, 0.25) is 0 Å². The molecule has 1 aromatic heterocycles. The van der Waals surface area contributed by atoms with E-state index in [1.54, 1.807) is 12.3 Å². The fourth-order valence-corrected chi connectivity index (χ4v) is 8.72. The molecule has 3 atom stereocenters. The minimum atomic E-state index is -0.779. The van der Waals surface area contributed by atoms with Crippen molar-refractivity contribution < 1.29 is 19.5 Å². The zero-order chi connectivity index (χ0) is 37.4. The van der Waals surface area contributed by atoms with E-state index in [2.05, 4.69) is 91.0 Å². The predicted octanol–water partition coefficient (Wildman–Crippen LogP) is 5.51. The molecule has 1 aliphatic carbocycles. The van der Waals surface area contributed by atoms with Gasteiger partial charge in [0.25, 0.3) is 5.91 Å². The first-order chi connectivity index (χ1) is 26.4. The molecule has 7 rings (SSSR count). The SMILES string of the molecule is CNC(=O)C(CCC=O)NC(=O)c1ccc(N2CCN(CC3CCN(c4ccc(C5c6ccc(O)cc6CCC5c5ccccc5)cc4)CC3)CC2)cn1. The number of nitrogens with one attached hydrogen (secondary N) is 2. The molecule has 3 heterocycles. The summed E-state index contributed by atoms with van der Waals surface area (Å²) in [6.07, 6.45) is 7.30. The van der Waals surface area contributed by atoms with Crippen LogP contribution in [-0.2, 0) is 16.0 Å². The number of benzene rings is 3. The van der Waals surface area contributed by atoms with Crippen LogP contribution in [0.15, 0.2) is 91.1 Å². The molecule has 54 heavy (non-hydrogen) atoms. The van der Waals surface area contributed by atoms with Gasteiger partial charge in [-0.15, -0.1) is 0 Å². The van der Waals surface area contributed by atoms with Crippen molar-refractivity contribution in [3.63, 3.8) is 0 Å². The number of hydrogen-bond donors (Lipinski definition) is 3. The fraction of sp³-hybridized carbons (Fsp3) is 0.409. The van der Waals surface area contributed by atoms with E-state index in [9.17, 15) is 19.5 Å². The molecule has 3 aliphatic rings. The van der Waals surface area contributed by atoms with E-state index >= 15 is 0 Å². The maximum atomic E-state index is 12.8. The second-order valence-corrected chi connectivity index (χ2v) is 15.0. The molecule has 282 valence electrons. The van der Waals surface area contributed by atoms with Crippen molar-refractivity contribution >= 4 is 29.5 Å². The molecule has 4 aromatic rings. The number of carbonyl (C=O) groups excluding carboxylic acids is 3. The zero-order valence-corrected chi connectivity index (χ0v) is 31.2. The highest BCUT2D eigenvalue weighted by Gasteiger charge is 2.32. The maximum absolute atomic E-state index is 12.8. The number of amides is 2. The molecule has 2 saturated heterocycles. The summed E-state index contributed by atoms with van der Waals surface area (Å²) in [5, 5.41) is 15.4. The molecule has 3 N–H and O–H groups in total. The van der Waals surface area contributed by atoms with Crippen LogP contribution >= 0.6 is 0 Å². The largest absolute Gasteiger partial charge is 0.508 e. The second kappa shape index (κ2) is 17.3.